The summed E-state index contributed by atoms with van der Waals surface area (Å²) in [5, 5.41) is 18.8. The van der Waals surface area contributed by atoms with Gasteiger partial charge in [0.25, 0.3) is 11.2 Å². The third-order valence-corrected chi connectivity index (χ3v) is 5.38. The second-order valence-corrected chi connectivity index (χ2v) is 7.76. The number of carbonyl (C=O) groups excluding carboxylic acids is 1. The summed E-state index contributed by atoms with van der Waals surface area (Å²) in [6.07, 6.45) is 5.83. The van der Waals surface area contributed by atoms with Gasteiger partial charge in [-0.2, -0.15) is 5.10 Å². The quantitative estimate of drug-likeness (QED) is 0.236. The van der Waals surface area contributed by atoms with E-state index in [2.05, 4.69) is 15.4 Å². The Bertz CT molecular complexity index is 1460. The highest BCUT2D eigenvalue weighted by molar-refractivity contribution is 6.32. The van der Waals surface area contributed by atoms with Crippen molar-refractivity contribution < 1.29 is 9.72 Å². The van der Waals surface area contributed by atoms with Crippen LogP contribution in [-0.4, -0.2) is 36.7 Å². The van der Waals surface area contributed by atoms with Crippen LogP contribution in [0.5, 0.6) is 0 Å². The van der Waals surface area contributed by atoms with Gasteiger partial charge in [-0.3, -0.25) is 24.3 Å². The van der Waals surface area contributed by atoms with E-state index in [1.54, 1.807) is 30.3 Å². The maximum absolute atomic E-state index is 12.8. The smallest absolute Gasteiger partial charge is 0.269 e. The first-order valence-electron chi connectivity index (χ1n) is 10.3. The highest BCUT2D eigenvalue weighted by atomic mass is 35.5. The Labute approximate surface area is 198 Å². The third-order valence-electron chi connectivity index (χ3n) is 5.04. The van der Waals surface area contributed by atoms with E-state index in [0.717, 1.165) is 5.56 Å². The van der Waals surface area contributed by atoms with E-state index in [1.807, 2.05) is 12.1 Å². The zero-order chi connectivity index (χ0) is 24.1. The molecule has 4 aromatic rings. The first-order valence-corrected chi connectivity index (χ1v) is 10.6. The average molecular weight is 479 g/mol. The minimum absolute atomic E-state index is 0.0452. The minimum atomic E-state index is -0.483. The number of nitrogens with one attached hydrogen (secondary N) is 1. The number of aromatic nitrogens is 4. The molecule has 0 radical (unpaired) electrons. The Balaban J connectivity index is 1.41. The third kappa shape index (κ3) is 5.18. The van der Waals surface area contributed by atoms with Crippen LogP contribution in [0.1, 0.15) is 11.1 Å². The van der Waals surface area contributed by atoms with Gasteiger partial charge in [0, 0.05) is 29.8 Å². The molecule has 0 fully saturated rings. The van der Waals surface area contributed by atoms with Gasteiger partial charge >= 0.3 is 0 Å². The highest BCUT2D eigenvalue weighted by Crippen LogP contribution is 2.16. The zero-order valence-electron chi connectivity index (χ0n) is 17.8. The van der Waals surface area contributed by atoms with Crippen molar-refractivity contribution in [3.8, 4) is 0 Å². The van der Waals surface area contributed by atoms with Crippen molar-refractivity contribution in [1.29, 1.82) is 0 Å². The largest absolute Gasteiger partial charge is 0.351 e. The molecule has 2 heterocycles. The first kappa shape index (κ1) is 22.9. The van der Waals surface area contributed by atoms with Gasteiger partial charge in [0.2, 0.25) is 5.91 Å². The van der Waals surface area contributed by atoms with Gasteiger partial charge < -0.3 is 5.32 Å². The monoisotopic (exact) mass is 478 g/mol. The van der Waals surface area contributed by atoms with Crippen LogP contribution in [0, 0.1) is 10.1 Å². The van der Waals surface area contributed by atoms with E-state index >= 15 is 0 Å². The molecule has 11 heteroatoms. The number of non-ortho nitro benzene ring substituents is 1. The van der Waals surface area contributed by atoms with Gasteiger partial charge in [-0.1, -0.05) is 41.9 Å². The summed E-state index contributed by atoms with van der Waals surface area (Å²) >= 11 is 6.07. The Morgan fingerprint density at radius 2 is 2.03 bits per heavy atom. The summed E-state index contributed by atoms with van der Waals surface area (Å²) < 4.78 is 2.90. The van der Waals surface area contributed by atoms with Crippen LogP contribution in [-0.2, 0) is 17.9 Å². The number of fused-ring (bicyclic) bond motifs is 1. The Kier molecular flexibility index (Phi) is 6.79. The number of amides is 1. The highest BCUT2D eigenvalue weighted by Gasteiger charge is 2.12. The molecule has 34 heavy (non-hydrogen) atoms. The van der Waals surface area contributed by atoms with Crippen LogP contribution in [0.4, 0.5) is 5.69 Å². The molecule has 0 aliphatic carbocycles. The van der Waals surface area contributed by atoms with Crippen LogP contribution in [0.2, 0.25) is 5.02 Å². The van der Waals surface area contributed by atoms with Gasteiger partial charge in [-0.25, -0.2) is 9.67 Å². The summed E-state index contributed by atoms with van der Waals surface area (Å²) in [7, 11) is 0. The molecule has 0 aliphatic rings. The van der Waals surface area contributed by atoms with Crippen LogP contribution >= 0.6 is 11.6 Å². The molecule has 0 bridgehead atoms. The van der Waals surface area contributed by atoms with Crippen molar-refractivity contribution >= 4 is 40.3 Å². The Hall–Kier alpha value is -4.31. The molecule has 0 unspecified atom stereocenters. The van der Waals surface area contributed by atoms with E-state index in [4.69, 9.17) is 11.6 Å². The number of hydrogen-bond donors (Lipinski definition) is 1. The van der Waals surface area contributed by atoms with E-state index in [9.17, 15) is 19.7 Å². The minimum Gasteiger partial charge on any atom is -0.351 e. The maximum atomic E-state index is 12.8. The molecule has 0 saturated carbocycles. The molecule has 0 aliphatic heterocycles. The molecular formula is C23H19ClN6O4. The lowest BCUT2D eigenvalue weighted by Gasteiger charge is -2.07. The maximum Gasteiger partial charge on any atom is 0.269 e. The van der Waals surface area contributed by atoms with Gasteiger partial charge in [0.1, 0.15) is 11.7 Å². The van der Waals surface area contributed by atoms with Crippen LogP contribution in [0.25, 0.3) is 17.1 Å². The van der Waals surface area contributed by atoms with Crippen molar-refractivity contribution in [1.82, 2.24) is 24.6 Å². The average Bonchev–Trinajstić information content (AvgIpc) is 3.24. The van der Waals surface area contributed by atoms with Gasteiger partial charge in [0.05, 0.1) is 24.2 Å². The number of rotatable bonds is 8. The molecule has 0 atom stereocenters. The van der Waals surface area contributed by atoms with Crippen LogP contribution < -0.4 is 10.9 Å². The van der Waals surface area contributed by atoms with Gasteiger partial charge in [-0.15, -0.1) is 0 Å². The molecule has 1 N–H and O–H groups in total. The summed E-state index contributed by atoms with van der Waals surface area (Å²) in [5.41, 5.74) is 1.38. The summed E-state index contributed by atoms with van der Waals surface area (Å²) in [6, 6.07) is 13.3. The molecule has 2 aromatic carbocycles. The second kappa shape index (κ2) is 10.1. The molecule has 10 nitrogen and oxygen atoms in total. The number of nitro groups is 1. The normalized spacial score (nSPS) is 11.2. The topological polar surface area (TPSA) is 125 Å². The summed E-state index contributed by atoms with van der Waals surface area (Å²) in [5.74, 6) is -0.288. The standard InChI is InChI=1S/C23H19ClN6O4/c24-20-7-2-1-5-17(20)8-9-21(31)25-10-11-29-22-19(13-27-29)23(32)28(15-26-22)14-16-4-3-6-18(12-16)30(33)34/h1-9,12-13,15H,10-11,14H2,(H,25,31)/b9-8+. The van der Waals surface area contributed by atoms with Crippen molar-refractivity contribution in [2.45, 2.75) is 13.1 Å². The van der Waals surface area contributed by atoms with Crippen molar-refractivity contribution in [3.05, 3.63) is 104 Å². The van der Waals surface area contributed by atoms with Crippen LogP contribution in [0.3, 0.4) is 0 Å². The van der Waals surface area contributed by atoms with E-state index in [-0.39, 0.29) is 30.2 Å². The Morgan fingerprint density at radius 3 is 2.82 bits per heavy atom. The van der Waals surface area contributed by atoms with Crippen molar-refractivity contribution in [2.75, 3.05) is 6.54 Å². The fourth-order valence-electron chi connectivity index (χ4n) is 3.36. The number of benzene rings is 2. The number of carbonyl (C=O) groups is 1. The first-order chi connectivity index (χ1) is 16.4. The lowest BCUT2D eigenvalue weighted by molar-refractivity contribution is -0.384. The number of halogens is 1. The summed E-state index contributed by atoms with van der Waals surface area (Å²) in [4.78, 5) is 39.7. The zero-order valence-corrected chi connectivity index (χ0v) is 18.6. The molecule has 4 rings (SSSR count). The number of hydrogen-bond acceptors (Lipinski definition) is 6. The predicted molar refractivity (Wildman–Crippen MR) is 127 cm³/mol. The Morgan fingerprint density at radius 1 is 1.21 bits per heavy atom. The van der Waals surface area contributed by atoms with Crippen molar-refractivity contribution in [3.63, 3.8) is 0 Å². The molecule has 0 saturated heterocycles. The second-order valence-electron chi connectivity index (χ2n) is 7.36. The van der Waals surface area contributed by atoms with Crippen LogP contribution in [0.15, 0.2) is 71.9 Å². The lowest BCUT2D eigenvalue weighted by atomic mass is 10.2. The van der Waals surface area contributed by atoms with Gasteiger partial charge in [0.15, 0.2) is 5.65 Å². The molecule has 2 aromatic heterocycles. The number of nitro benzene ring substituents is 1. The van der Waals surface area contributed by atoms with Gasteiger partial charge in [-0.05, 0) is 23.3 Å². The SMILES string of the molecule is O=C(/C=C/c1ccccc1Cl)NCCn1ncc2c(=O)n(Cc3cccc([N+](=O)[O-])c3)cnc21. The summed E-state index contributed by atoms with van der Waals surface area (Å²) in [6.45, 7) is 0.736. The van der Waals surface area contributed by atoms with E-state index in [1.165, 1.54) is 40.0 Å². The van der Waals surface area contributed by atoms with Crippen molar-refractivity contribution in [2.24, 2.45) is 0 Å². The predicted octanol–water partition coefficient (Wildman–Crippen LogP) is 3.03. The fourth-order valence-corrected chi connectivity index (χ4v) is 3.56. The molecular weight excluding hydrogens is 460 g/mol. The van der Waals surface area contributed by atoms with E-state index < -0.39 is 4.92 Å². The number of nitrogens with zero attached hydrogens (tertiary/aromatic N) is 5. The lowest BCUT2D eigenvalue weighted by Crippen LogP contribution is -2.26. The fraction of sp³-hybridized carbons (Fsp3) is 0.130. The molecule has 1 amide bonds. The molecule has 172 valence electrons. The molecule has 0 spiro atoms. The van der Waals surface area contributed by atoms with E-state index in [0.29, 0.717) is 28.2 Å².